The Balaban J connectivity index is 2.36. The summed E-state index contributed by atoms with van der Waals surface area (Å²) in [6.07, 6.45) is 1.53. The lowest BCUT2D eigenvalue weighted by atomic mass is 10.2. The fraction of sp³-hybridized carbons (Fsp3) is 0.455. The van der Waals surface area contributed by atoms with Crippen LogP contribution in [-0.2, 0) is 10.0 Å². The number of benzene rings is 1. The van der Waals surface area contributed by atoms with Crippen molar-refractivity contribution in [1.29, 1.82) is 0 Å². The summed E-state index contributed by atoms with van der Waals surface area (Å²) >= 11 is 3.26. The maximum atomic E-state index is 12.3. The molecule has 1 atom stereocenters. The molecule has 1 N–H and O–H groups in total. The number of nitrogens with zero attached hydrogens (tertiary/aromatic N) is 1. The summed E-state index contributed by atoms with van der Waals surface area (Å²) in [4.78, 5) is 0.271. The van der Waals surface area contributed by atoms with E-state index in [-0.39, 0.29) is 17.5 Å². The van der Waals surface area contributed by atoms with Gasteiger partial charge >= 0.3 is 0 Å². The Morgan fingerprint density at radius 1 is 1.47 bits per heavy atom. The van der Waals surface area contributed by atoms with Crippen molar-refractivity contribution in [2.24, 2.45) is 0 Å². The molecule has 1 unspecified atom stereocenters. The summed E-state index contributed by atoms with van der Waals surface area (Å²) in [6.45, 7) is 0.368. The Morgan fingerprint density at radius 2 is 2.24 bits per heavy atom. The van der Waals surface area contributed by atoms with E-state index in [1.54, 1.807) is 24.3 Å². The number of hydrogen-bond donors (Lipinski definition) is 1. The van der Waals surface area contributed by atoms with Crippen LogP contribution in [0.2, 0.25) is 0 Å². The predicted molar refractivity (Wildman–Crippen MR) is 68.1 cm³/mol. The van der Waals surface area contributed by atoms with E-state index >= 15 is 0 Å². The topological polar surface area (TPSA) is 57.6 Å². The lowest BCUT2D eigenvalue weighted by Crippen LogP contribution is -2.37. The molecule has 94 valence electrons. The molecular weight excluding hydrogens is 306 g/mol. The molecule has 0 bridgehead atoms. The summed E-state index contributed by atoms with van der Waals surface area (Å²) in [5.74, 6) is 0. The third kappa shape index (κ3) is 2.54. The van der Waals surface area contributed by atoms with Gasteiger partial charge in [-0.1, -0.05) is 22.0 Å². The molecule has 1 fully saturated rings. The van der Waals surface area contributed by atoms with Crippen LogP contribution in [0.1, 0.15) is 12.8 Å². The number of hydrogen-bond acceptors (Lipinski definition) is 3. The second-order valence-electron chi connectivity index (χ2n) is 4.05. The lowest BCUT2D eigenvalue weighted by Gasteiger charge is -2.22. The second kappa shape index (κ2) is 5.06. The summed E-state index contributed by atoms with van der Waals surface area (Å²) in [7, 11) is -3.48. The lowest BCUT2D eigenvalue weighted by molar-refractivity contribution is 0.213. The Hall–Kier alpha value is -0.430. The van der Waals surface area contributed by atoms with Crippen LogP contribution >= 0.6 is 15.9 Å². The third-order valence-electron chi connectivity index (χ3n) is 2.94. The molecule has 1 aromatic rings. The van der Waals surface area contributed by atoms with E-state index in [4.69, 9.17) is 0 Å². The minimum Gasteiger partial charge on any atom is -0.395 e. The first kappa shape index (κ1) is 13.0. The highest BCUT2D eigenvalue weighted by Gasteiger charge is 2.34. The average molecular weight is 320 g/mol. The van der Waals surface area contributed by atoms with Crippen molar-refractivity contribution in [3.8, 4) is 0 Å². The second-order valence-corrected chi connectivity index (χ2v) is 6.86. The molecule has 0 radical (unpaired) electrons. The zero-order chi connectivity index (χ0) is 12.5. The van der Waals surface area contributed by atoms with Crippen LogP contribution in [0.5, 0.6) is 0 Å². The Labute approximate surface area is 109 Å². The van der Waals surface area contributed by atoms with Crippen LogP contribution < -0.4 is 0 Å². The van der Waals surface area contributed by atoms with E-state index in [1.807, 2.05) is 0 Å². The fourth-order valence-corrected chi connectivity index (χ4v) is 4.35. The van der Waals surface area contributed by atoms with Crippen LogP contribution in [0.4, 0.5) is 0 Å². The van der Waals surface area contributed by atoms with Gasteiger partial charge in [-0.05, 0) is 31.0 Å². The minimum absolute atomic E-state index is 0.118. The Morgan fingerprint density at radius 3 is 2.88 bits per heavy atom. The molecule has 0 aromatic heterocycles. The van der Waals surface area contributed by atoms with Gasteiger partial charge in [0.25, 0.3) is 0 Å². The van der Waals surface area contributed by atoms with Crippen LogP contribution in [0.15, 0.2) is 33.6 Å². The van der Waals surface area contributed by atoms with Gasteiger partial charge in [0, 0.05) is 17.1 Å². The number of aliphatic hydroxyl groups excluding tert-OH is 1. The maximum Gasteiger partial charge on any atom is 0.243 e. The highest BCUT2D eigenvalue weighted by Crippen LogP contribution is 2.27. The molecule has 6 heteroatoms. The van der Waals surface area contributed by atoms with Gasteiger partial charge in [0.05, 0.1) is 11.5 Å². The van der Waals surface area contributed by atoms with Crippen LogP contribution in [0.25, 0.3) is 0 Å². The van der Waals surface area contributed by atoms with Crippen LogP contribution in [-0.4, -0.2) is 37.0 Å². The number of sulfonamides is 1. The Bertz CT molecular complexity index is 503. The molecule has 0 spiro atoms. The summed E-state index contributed by atoms with van der Waals surface area (Å²) in [6, 6.07) is 6.36. The van der Waals surface area contributed by atoms with Gasteiger partial charge in [0.15, 0.2) is 0 Å². The molecule has 1 saturated heterocycles. The molecule has 4 nitrogen and oxygen atoms in total. The molecule has 1 aliphatic rings. The van der Waals surface area contributed by atoms with Gasteiger partial charge in [-0.3, -0.25) is 0 Å². The Kier molecular flexibility index (Phi) is 3.87. The third-order valence-corrected chi connectivity index (χ3v) is 5.38. The molecular formula is C11H14BrNO3S. The van der Waals surface area contributed by atoms with Crippen molar-refractivity contribution < 1.29 is 13.5 Å². The van der Waals surface area contributed by atoms with Crippen molar-refractivity contribution in [3.63, 3.8) is 0 Å². The number of halogens is 1. The smallest absolute Gasteiger partial charge is 0.243 e. The van der Waals surface area contributed by atoms with Gasteiger partial charge in [-0.2, -0.15) is 4.31 Å². The highest BCUT2D eigenvalue weighted by molar-refractivity contribution is 9.10. The van der Waals surface area contributed by atoms with Crippen LogP contribution in [0, 0.1) is 0 Å². The molecule has 2 rings (SSSR count). The monoisotopic (exact) mass is 319 g/mol. The quantitative estimate of drug-likeness (QED) is 0.920. The molecule has 17 heavy (non-hydrogen) atoms. The van der Waals surface area contributed by atoms with E-state index in [2.05, 4.69) is 15.9 Å². The first-order valence-electron chi connectivity index (χ1n) is 5.44. The van der Waals surface area contributed by atoms with Crippen molar-refractivity contribution in [3.05, 3.63) is 28.7 Å². The molecule has 1 heterocycles. The van der Waals surface area contributed by atoms with Crippen molar-refractivity contribution >= 4 is 26.0 Å². The SMILES string of the molecule is O=S(=O)(c1cccc(Br)c1)N1CCCC1CO. The molecule has 1 aliphatic heterocycles. The molecule has 1 aromatic carbocycles. The predicted octanol–water partition coefficient (Wildman–Crippen LogP) is 1.59. The number of aliphatic hydroxyl groups is 1. The van der Waals surface area contributed by atoms with Crippen molar-refractivity contribution in [2.75, 3.05) is 13.2 Å². The largest absolute Gasteiger partial charge is 0.395 e. The summed E-state index contributed by atoms with van der Waals surface area (Å²) in [5, 5.41) is 9.19. The van der Waals surface area contributed by atoms with Crippen molar-refractivity contribution in [2.45, 2.75) is 23.8 Å². The summed E-state index contributed by atoms with van der Waals surface area (Å²) < 4.78 is 26.8. The molecule has 0 amide bonds. The van der Waals surface area contributed by atoms with Gasteiger partial charge in [0.1, 0.15) is 0 Å². The summed E-state index contributed by atoms with van der Waals surface area (Å²) in [5.41, 5.74) is 0. The van der Waals surface area contributed by atoms with Gasteiger partial charge in [-0.25, -0.2) is 8.42 Å². The zero-order valence-electron chi connectivity index (χ0n) is 9.21. The normalized spacial score (nSPS) is 21.9. The molecule has 0 saturated carbocycles. The minimum atomic E-state index is -3.48. The van der Waals surface area contributed by atoms with E-state index in [1.165, 1.54) is 4.31 Å². The zero-order valence-corrected chi connectivity index (χ0v) is 11.6. The van der Waals surface area contributed by atoms with Gasteiger partial charge < -0.3 is 5.11 Å². The van der Waals surface area contributed by atoms with Gasteiger partial charge in [-0.15, -0.1) is 0 Å². The van der Waals surface area contributed by atoms with E-state index in [0.717, 1.165) is 17.3 Å². The number of rotatable bonds is 3. The first-order chi connectivity index (χ1) is 8.05. The van der Waals surface area contributed by atoms with E-state index in [0.29, 0.717) is 6.54 Å². The van der Waals surface area contributed by atoms with E-state index in [9.17, 15) is 13.5 Å². The molecule has 0 aliphatic carbocycles. The average Bonchev–Trinajstić information content (AvgIpc) is 2.77. The standard InChI is InChI=1S/C11H14BrNO3S/c12-9-3-1-5-11(7-9)17(15,16)13-6-2-4-10(13)8-14/h1,3,5,7,10,14H,2,4,6,8H2. The van der Waals surface area contributed by atoms with E-state index < -0.39 is 10.0 Å². The van der Waals surface area contributed by atoms with Crippen LogP contribution in [0.3, 0.4) is 0 Å². The van der Waals surface area contributed by atoms with Crippen molar-refractivity contribution in [1.82, 2.24) is 4.31 Å². The first-order valence-corrected chi connectivity index (χ1v) is 7.67. The fourth-order valence-electron chi connectivity index (χ4n) is 2.07. The van der Waals surface area contributed by atoms with Gasteiger partial charge in [0.2, 0.25) is 10.0 Å². The maximum absolute atomic E-state index is 12.3. The highest BCUT2D eigenvalue weighted by atomic mass is 79.9.